The third-order valence-electron chi connectivity index (χ3n) is 4.67. The van der Waals surface area contributed by atoms with E-state index in [1.165, 1.54) is 32.1 Å². The maximum absolute atomic E-state index is 8.64. The van der Waals surface area contributed by atoms with Crippen LogP contribution in [0.4, 0.5) is 0 Å². The van der Waals surface area contributed by atoms with Gasteiger partial charge in [0.25, 0.3) is 0 Å². The van der Waals surface area contributed by atoms with E-state index in [9.17, 15) is 0 Å². The van der Waals surface area contributed by atoms with Crippen LogP contribution in [0.2, 0.25) is 0 Å². The molecular formula is C13H26N4O. The number of piperidine rings is 2. The lowest BCUT2D eigenvalue weighted by Gasteiger charge is -2.47. The Bertz CT molecular complexity index is 293. The second-order valence-electron chi connectivity index (χ2n) is 5.91. The van der Waals surface area contributed by atoms with E-state index in [-0.39, 0.29) is 5.92 Å². The van der Waals surface area contributed by atoms with E-state index in [0.29, 0.717) is 11.9 Å². The summed E-state index contributed by atoms with van der Waals surface area (Å²) in [4.78, 5) is 2.56. The molecule has 0 aromatic rings. The number of hydrogen-bond acceptors (Lipinski definition) is 4. The topological polar surface area (TPSA) is 73.9 Å². The Morgan fingerprint density at radius 1 is 1.44 bits per heavy atom. The summed E-state index contributed by atoms with van der Waals surface area (Å²) in [5.41, 5.74) is 5.60. The molecule has 2 rings (SSSR count). The van der Waals surface area contributed by atoms with Gasteiger partial charge in [-0.3, -0.25) is 0 Å². The minimum atomic E-state index is 0.0921. The van der Waals surface area contributed by atoms with Crippen molar-refractivity contribution in [2.75, 3.05) is 13.6 Å². The van der Waals surface area contributed by atoms with E-state index in [4.69, 9.17) is 10.9 Å². The van der Waals surface area contributed by atoms with Crippen molar-refractivity contribution in [3.8, 4) is 0 Å². The fourth-order valence-corrected chi connectivity index (χ4v) is 3.33. The molecule has 2 heterocycles. The fraction of sp³-hybridized carbons (Fsp3) is 0.923. The molecule has 104 valence electrons. The molecule has 0 amide bonds. The lowest BCUT2D eigenvalue weighted by Crippen LogP contribution is -2.55. The normalized spacial score (nSPS) is 35.4. The number of nitrogens with one attached hydrogen (secondary N) is 1. The zero-order valence-corrected chi connectivity index (χ0v) is 11.5. The van der Waals surface area contributed by atoms with Gasteiger partial charge < -0.3 is 21.2 Å². The number of rotatable bonds is 4. The Balaban J connectivity index is 1.81. The molecule has 18 heavy (non-hydrogen) atoms. The summed E-state index contributed by atoms with van der Waals surface area (Å²) in [7, 11) is 2.27. The summed E-state index contributed by atoms with van der Waals surface area (Å²) in [6, 6.07) is 2.08. The van der Waals surface area contributed by atoms with E-state index in [0.717, 1.165) is 18.6 Å². The van der Waals surface area contributed by atoms with E-state index in [2.05, 4.69) is 22.4 Å². The van der Waals surface area contributed by atoms with Crippen molar-refractivity contribution in [2.45, 2.75) is 57.2 Å². The molecule has 2 aliphatic rings. The first-order chi connectivity index (χ1) is 8.61. The highest BCUT2D eigenvalue weighted by molar-refractivity contribution is 5.82. The molecule has 4 N–H and O–H groups in total. The van der Waals surface area contributed by atoms with Crippen LogP contribution in [-0.2, 0) is 0 Å². The van der Waals surface area contributed by atoms with Crippen LogP contribution in [0.3, 0.4) is 0 Å². The smallest absolute Gasteiger partial charge is 0.143 e. The molecular weight excluding hydrogens is 228 g/mol. The van der Waals surface area contributed by atoms with Crippen LogP contribution in [0.1, 0.15) is 39.0 Å². The number of fused-ring (bicyclic) bond motifs is 2. The summed E-state index contributed by atoms with van der Waals surface area (Å²) in [6.45, 7) is 2.78. The second-order valence-corrected chi connectivity index (χ2v) is 5.91. The Labute approximate surface area is 109 Å². The van der Waals surface area contributed by atoms with Crippen LogP contribution in [0.5, 0.6) is 0 Å². The van der Waals surface area contributed by atoms with Gasteiger partial charge in [0.05, 0.1) is 0 Å². The van der Waals surface area contributed by atoms with Gasteiger partial charge in [-0.25, -0.2) is 0 Å². The lowest BCUT2D eigenvalue weighted by molar-refractivity contribution is 0.0483. The van der Waals surface area contributed by atoms with Crippen molar-refractivity contribution in [1.82, 2.24) is 10.2 Å². The maximum atomic E-state index is 8.64. The summed E-state index contributed by atoms with van der Waals surface area (Å²) in [6.07, 6.45) is 6.51. The fourth-order valence-electron chi connectivity index (χ4n) is 3.33. The highest BCUT2D eigenvalue weighted by Crippen LogP contribution is 2.32. The van der Waals surface area contributed by atoms with Crippen molar-refractivity contribution in [3.63, 3.8) is 0 Å². The van der Waals surface area contributed by atoms with Crippen LogP contribution in [-0.4, -0.2) is 47.7 Å². The van der Waals surface area contributed by atoms with E-state index in [1.54, 1.807) is 0 Å². The molecule has 0 aromatic heterocycles. The highest BCUT2D eigenvalue weighted by Gasteiger charge is 2.35. The van der Waals surface area contributed by atoms with Crippen LogP contribution >= 0.6 is 0 Å². The average molecular weight is 254 g/mol. The average Bonchev–Trinajstić information content (AvgIpc) is 2.35. The molecule has 0 aliphatic carbocycles. The van der Waals surface area contributed by atoms with E-state index >= 15 is 0 Å². The predicted molar refractivity (Wildman–Crippen MR) is 72.8 cm³/mol. The first kappa shape index (κ1) is 13.6. The van der Waals surface area contributed by atoms with E-state index < -0.39 is 0 Å². The SMILES string of the molecule is CC(CNC1CC2CCCC(C1)N2C)C(N)=NO. The third kappa shape index (κ3) is 2.95. The van der Waals surface area contributed by atoms with Crippen LogP contribution < -0.4 is 11.1 Å². The molecule has 2 aliphatic heterocycles. The largest absolute Gasteiger partial charge is 0.409 e. The van der Waals surface area contributed by atoms with Crippen LogP contribution in [0.15, 0.2) is 5.16 Å². The standard InChI is InChI=1S/C13H26N4O/c1-9(13(14)16-18)8-15-10-6-11-4-3-5-12(7-10)17(11)2/h9-12,15,18H,3-8H2,1-2H3,(H2,14,16). The van der Waals surface area contributed by atoms with Crippen molar-refractivity contribution in [1.29, 1.82) is 0 Å². The van der Waals surface area contributed by atoms with Crippen LogP contribution in [0, 0.1) is 5.92 Å². The summed E-state index contributed by atoms with van der Waals surface area (Å²) < 4.78 is 0. The molecule has 3 atom stereocenters. The Hall–Kier alpha value is -0.810. The van der Waals surface area contributed by atoms with Gasteiger partial charge in [0.2, 0.25) is 0 Å². The second kappa shape index (κ2) is 5.89. The number of nitrogens with zero attached hydrogens (tertiary/aromatic N) is 2. The molecule has 2 saturated heterocycles. The van der Waals surface area contributed by atoms with E-state index in [1.807, 2.05) is 6.92 Å². The zero-order chi connectivity index (χ0) is 13.1. The van der Waals surface area contributed by atoms with Gasteiger partial charge in [0, 0.05) is 30.6 Å². The molecule has 0 aromatic carbocycles. The number of nitrogens with two attached hydrogens (primary N) is 1. The molecule has 2 bridgehead atoms. The van der Waals surface area contributed by atoms with Crippen molar-refractivity contribution in [2.24, 2.45) is 16.8 Å². The molecule has 0 spiro atoms. The third-order valence-corrected chi connectivity index (χ3v) is 4.67. The lowest BCUT2D eigenvalue weighted by atomic mass is 9.82. The van der Waals surface area contributed by atoms with Gasteiger partial charge in [-0.15, -0.1) is 0 Å². The molecule has 0 radical (unpaired) electrons. The van der Waals surface area contributed by atoms with Crippen molar-refractivity contribution in [3.05, 3.63) is 0 Å². The van der Waals surface area contributed by atoms with Crippen molar-refractivity contribution < 1.29 is 5.21 Å². The van der Waals surface area contributed by atoms with Gasteiger partial charge in [0.1, 0.15) is 5.84 Å². The summed E-state index contributed by atoms with van der Waals surface area (Å²) in [5, 5.41) is 15.3. The minimum absolute atomic E-state index is 0.0921. The highest BCUT2D eigenvalue weighted by atomic mass is 16.4. The first-order valence-electron chi connectivity index (χ1n) is 7.04. The number of amidine groups is 1. The quantitative estimate of drug-likeness (QED) is 0.302. The minimum Gasteiger partial charge on any atom is -0.409 e. The number of hydrogen-bond donors (Lipinski definition) is 3. The molecule has 3 unspecified atom stereocenters. The Morgan fingerprint density at radius 3 is 2.61 bits per heavy atom. The monoisotopic (exact) mass is 254 g/mol. The number of oxime groups is 1. The Kier molecular flexibility index (Phi) is 4.45. The van der Waals surface area contributed by atoms with Gasteiger partial charge >= 0.3 is 0 Å². The Morgan fingerprint density at radius 2 is 2.06 bits per heavy atom. The summed E-state index contributed by atoms with van der Waals surface area (Å²) >= 11 is 0. The van der Waals surface area contributed by atoms with Gasteiger partial charge in [0.15, 0.2) is 0 Å². The van der Waals surface area contributed by atoms with Gasteiger partial charge in [-0.05, 0) is 32.7 Å². The zero-order valence-electron chi connectivity index (χ0n) is 11.5. The van der Waals surface area contributed by atoms with Crippen molar-refractivity contribution >= 4 is 5.84 Å². The molecule has 2 fully saturated rings. The molecule has 5 heteroatoms. The predicted octanol–water partition coefficient (Wildman–Crippen LogP) is 0.974. The van der Waals surface area contributed by atoms with Crippen LogP contribution in [0.25, 0.3) is 0 Å². The van der Waals surface area contributed by atoms with Gasteiger partial charge in [-0.1, -0.05) is 18.5 Å². The molecule has 0 saturated carbocycles. The maximum Gasteiger partial charge on any atom is 0.143 e. The molecule has 5 nitrogen and oxygen atoms in total. The van der Waals surface area contributed by atoms with Gasteiger partial charge in [-0.2, -0.15) is 0 Å². The summed E-state index contributed by atoms with van der Waals surface area (Å²) in [5.74, 6) is 0.408. The first-order valence-corrected chi connectivity index (χ1v) is 7.04.